The monoisotopic (exact) mass is 450 g/mol. The molecule has 1 saturated heterocycles. The van der Waals surface area contributed by atoms with Crippen molar-refractivity contribution < 1.29 is 18.7 Å². The Hall–Kier alpha value is -2.48. The minimum atomic E-state index is -0.489. The van der Waals surface area contributed by atoms with Gasteiger partial charge < -0.3 is 0 Å². The average Bonchev–Trinajstić information content (AvgIpc) is 3.14. The van der Waals surface area contributed by atoms with Crippen molar-refractivity contribution in [3.05, 3.63) is 40.8 Å². The number of morpholine rings is 1. The molecule has 0 bridgehead atoms. The average molecular weight is 449 g/mol. The van der Waals surface area contributed by atoms with Crippen molar-refractivity contribution in [1.82, 2.24) is 9.97 Å². The van der Waals surface area contributed by atoms with E-state index < -0.39 is 5.82 Å². The van der Waals surface area contributed by atoms with Crippen molar-refractivity contribution in [2.45, 2.75) is 6.92 Å². The number of carbonyl (C=O) groups excluding carboxylic acids is 1. The van der Waals surface area contributed by atoms with Gasteiger partial charge >= 0.3 is 167 Å². The van der Waals surface area contributed by atoms with Crippen molar-refractivity contribution in [1.29, 1.82) is 0 Å². The van der Waals surface area contributed by atoms with Crippen LogP contribution in [-0.4, -0.2) is 63.4 Å². The van der Waals surface area contributed by atoms with Gasteiger partial charge in [-0.3, -0.25) is 0 Å². The van der Waals surface area contributed by atoms with E-state index in [1.54, 1.807) is 6.92 Å². The van der Waals surface area contributed by atoms with Gasteiger partial charge in [0, 0.05) is 0 Å². The van der Waals surface area contributed by atoms with Crippen molar-refractivity contribution in [2.75, 3.05) is 43.1 Å². The number of hydrogen-bond acceptors (Lipinski definition) is 7. The predicted octanol–water partition coefficient (Wildman–Crippen LogP) is 2.58. The number of anilines is 3. The molecule has 0 saturated carbocycles. The molecule has 1 aliphatic heterocycles. The van der Waals surface area contributed by atoms with E-state index in [0.29, 0.717) is 43.0 Å². The first kappa shape index (κ1) is 18.9. The molecule has 0 unspecified atom stereocenters. The number of nitrogens with one attached hydrogen (secondary N) is 1. The Bertz CT molecular complexity index is 1000. The summed E-state index contributed by atoms with van der Waals surface area (Å²) in [6, 6.07) is 7.54. The standard InChI is InChI=1S/C19H19FN4O3Se/c1-2-27-19(25)15-10-12-9-13(3-4-14(12)28-15)23-17-16(20)18(22-11-21-17)24-5-7-26-8-6-24/h3-4,9-11H,2,5-8H2,1H3,(H,21,22,23). The van der Waals surface area contributed by atoms with Crippen LogP contribution < -0.4 is 10.2 Å². The Labute approximate surface area is 167 Å². The third kappa shape index (κ3) is 3.87. The summed E-state index contributed by atoms with van der Waals surface area (Å²) in [7, 11) is 0. The number of nitrogens with zero attached hydrogens (tertiary/aromatic N) is 3. The topological polar surface area (TPSA) is 76.6 Å². The van der Waals surface area contributed by atoms with Gasteiger partial charge in [0.2, 0.25) is 0 Å². The molecule has 146 valence electrons. The molecule has 9 heteroatoms. The molecule has 1 fully saturated rings. The van der Waals surface area contributed by atoms with Crippen LogP contribution in [0, 0.1) is 5.82 Å². The predicted molar refractivity (Wildman–Crippen MR) is 105 cm³/mol. The number of aromatic nitrogens is 2. The van der Waals surface area contributed by atoms with Gasteiger partial charge in [0.1, 0.15) is 0 Å². The maximum atomic E-state index is 14.9. The van der Waals surface area contributed by atoms with Gasteiger partial charge in [-0.15, -0.1) is 0 Å². The van der Waals surface area contributed by atoms with Crippen LogP contribution >= 0.6 is 0 Å². The number of hydrogen-bond donors (Lipinski definition) is 1. The van der Waals surface area contributed by atoms with Crippen LogP contribution in [0.3, 0.4) is 0 Å². The van der Waals surface area contributed by atoms with Crippen molar-refractivity contribution in [3.63, 3.8) is 0 Å². The summed E-state index contributed by atoms with van der Waals surface area (Å²) >= 11 is -0.0796. The molecule has 3 aromatic rings. The third-order valence-corrected chi connectivity index (χ3v) is 6.64. The second-order valence-corrected chi connectivity index (χ2v) is 8.44. The number of esters is 1. The van der Waals surface area contributed by atoms with Gasteiger partial charge in [-0.1, -0.05) is 0 Å². The van der Waals surface area contributed by atoms with E-state index in [0.717, 1.165) is 9.65 Å². The summed E-state index contributed by atoms with van der Waals surface area (Å²) in [5, 5.41) is 3.97. The van der Waals surface area contributed by atoms with Crippen LogP contribution in [0.15, 0.2) is 30.6 Å². The summed E-state index contributed by atoms with van der Waals surface area (Å²) in [5.74, 6) is -0.369. The maximum absolute atomic E-state index is 14.9. The molecule has 1 N–H and O–H groups in total. The quantitative estimate of drug-likeness (QED) is 0.474. The summed E-state index contributed by atoms with van der Waals surface area (Å²) in [6.45, 7) is 4.43. The second-order valence-electron chi connectivity index (χ2n) is 6.17. The molecule has 2 aromatic heterocycles. The Morgan fingerprint density at radius 2 is 2.14 bits per heavy atom. The molecule has 4 rings (SSSR count). The van der Waals surface area contributed by atoms with Gasteiger partial charge in [0.15, 0.2) is 0 Å². The molecular formula is C19H19FN4O3Se. The van der Waals surface area contributed by atoms with E-state index in [2.05, 4.69) is 15.3 Å². The molecule has 7 nitrogen and oxygen atoms in total. The van der Waals surface area contributed by atoms with E-state index in [1.165, 1.54) is 6.33 Å². The van der Waals surface area contributed by atoms with Gasteiger partial charge in [-0.05, 0) is 0 Å². The fourth-order valence-electron chi connectivity index (χ4n) is 3.00. The van der Waals surface area contributed by atoms with Crippen molar-refractivity contribution >= 4 is 47.4 Å². The number of benzene rings is 1. The van der Waals surface area contributed by atoms with Crippen LogP contribution in [-0.2, 0) is 9.47 Å². The second kappa shape index (κ2) is 8.26. The first-order valence-corrected chi connectivity index (χ1v) is 10.7. The number of ether oxygens (including phenoxy) is 2. The first-order chi connectivity index (χ1) is 13.7. The number of carbonyl (C=O) groups is 1. The Morgan fingerprint density at radius 1 is 1.32 bits per heavy atom. The summed E-state index contributed by atoms with van der Waals surface area (Å²) in [5.41, 5.74) is 0.696. The molecule has 1 aliphatic rings. The molecule has 0 radical (unpaired) electrons. The van der Waals surface area contributed by atoms with Crippen LogP contribution in [0.1, 0.15) is 16.2 Å². The zero-order valence-corrected chi connectivity index (χ0v) is 17.0. The Morgan fingerprint density at radius 3 is 2.93 bits per heavy atom. The summed E-state index contributed by atoms with van der Waals surface area (Å²) in [4.78, 5) is 21.9. The molecule has 28 heavy (non-hydrogen) atoms. The normalized spacial score (nSPS) is 14.3. The van der Waals surface area contributed by atoms with Crippen molar-refractivity contribution in [3.8, 4) is 0 Å². The molecule has 0 spiro atoms. The van der Waals surface area contributed by atoms with Crippen LogP contribution in [0.2, 0.25) is 0 Å². The molecule has 0 atom stereocenters. The van der Waals surface area contributed by atoms with E-state index in [-0.39, 0.29) is 32.1 Å². The summed E-state index contributed by atoms with van der Waals surface area (Å²) in [6.07, 6.45) is 1.35. The Balaban J connectivity index is 1.58. The third-order valence-electron chi connectivity index (χ3n) is 4.34. The van der Waals surface area contributed by atoms with E-state index in [1.807, 2.05) is 29.2 Å². The zero-order valence-electron chi connectivity index (χ0n) is 15.3. The van der Waals surface area contributed by atoms with Crippen molar-refractivity contribution in [2.24, 2.45) is 0 Å². The van der Waals surface area contributed by atoms with Crippen LogP contribution in [0.4, 0.5) is 21.7 Å². The van der Waals surface area contributed by atoms with Gasteiger partial charge in [0.05, 0.1) is 0 Å². The molecule has 3 heterocycles. The number of halogens is 1. The minimum absolute atomic E-state index is 0.0796. The first-order valence-electron chi connectivity index (χ1n) is 8.96. The van der Waals surface area contributed by atoms with E-state index in [4.69, 9.17) is 9.47 Å². The van der Waals surface area contributed by atoms with Crippen LogP contribution in [0.25, 0.3) is 9.65 Å². The van der Waals surface area contributed by atoms with E-state index in [9.17, 15) is 9.18 Å². The molecule has 0 amide bonds. The molecule has 1 aromatic carbocycles. The summed E-state index contributed by atoms with van der Waals surface area (Å²) < 4.78 is 27.1. The molecular weight excluding hydrogens is 430 g/mol. The SMILES string of the molecule is CCOC(=O)c1cc2cc(Nc3ncnc(N4CCOCC4)c3F)ccc2[se]1. The molecule has 0 aliphatic carbocycles. The van der Waals surface area contributed by atoms with E-state index >= 15 is 0 Å². The van der Waals surface area contributed by atoms with Gasteiger partial charge in [-0.2, -0.15) is 0 Å². The number of rotatable bonds is 5. The zero-order chi connectivity index (χ0) is 19.5. The van der Waals surface area contributed by atoms with Gasteiger partial charge in [0.25, 0.3) is 0 Å². The van der Waals surface area contributed by atoms with Crippen LogP contribution in [0.5, 0.6) is 0 Å². The van der Waals surface area contributed by atoms with Gasteiger partial charge in [-0.25, -0.2) is 0 Å². The fraction of sp³-hybridized carbons (Fsp3) is 0.316. The number of fused-ring (bicyclic) bond motifs is 1. The Kier molecular flexibility index (Phi) is 5.57. The fourth-order valence-corrected chi connectivity index (χ4v) is 4.97.